The van der Waals surface area contributed by atoms with Gasteiger partial charge in [-0.05, 0) is 75.9 Å². The Morgan fingerprint density at radius 1 is 1.48 bits per heavy atom. The van der Waals surface area contributed by atoms with Crippen LogP contribution in [0.3, 0.4) is 0 Å². The normalized spacial score (nSPS) is 18.7. The van der Waals surface area contributed by atoms with Crippen molar-refractivity contribution in [3.05, 3.63) is 35.5 Å². The van der Waals surface area contributed by atoms with Gasteiger partial charge in [-0.1, -0.05) is 0 Å². The highest BCUT2D eigenvalue weighted by molar-refractivity contribution is 5.85. The third-order valence-electron chi connectivity index (χ3n) is 5.04. The number of carbonyl (C=O) groups excluding carboxylic acids is 1. The number of hydrogen-bond donors (Lipinski definition) is 2. The van der Waals surface area contributed by atoms with Crippen LogP contribution in [0.4, 0.5) is 4.79 Å². The van der Waals surface area contributed by atoms with E-state index >= 15 is 0 Å². The summed E-state index contributed by atoms with van der Waals surface area (Å²) in [7, 11) is 2.13. The van der Waals surface area contributed by atoms with Crippen LogP contribution >= 0.6 is 0 Å². The van der Waals surface area contributed by atoms with Crippen molar-refractivity contribution in [1.82, 2.24) is 15.2 Å². The summed E-state index contributed by atoms with van der Waals surface area (Å²) in [4.78, 5) is 17.1. The number of nitrogens with zero attached hydrogens (tertiary/aromatic N) is 2. The van der Waals surface area contributed by atoms with Crippen molar-refractivity contribution in [3.63, 3.8) is 0 Å². The highest BCUT2D eigenvalue weighted by atomic mass is 16.6. The number of nitrogens with one attached hydrogen (secondary N) is 2. The number of carbonyl (C=O) groups is 1. The molecule has 6 nitrogen and oxygen atoms in total. The van der Waals surface area contributed by atoms with Gasteiger partial charge in [-0.3, -0.25) is 0 Å². The molecule has 0 saturated heterocycles. The fourth-order valence-electron chi connectivity index (χ4n) is 3.64. The predicted octanol–water partition coefficient (Wildman–Crippen LogP) is 3.60. The van der Waals surface area contributed by atoms with Gasteiger partial charge in [0.2, 0.25) is 0 Å². The molecule has 1 aromatic heterocycles. The van der Waals surface area contributed by atoms with Crippen molar-refractivity contribution >= 4 is 17.0 Å². The third kappa shape index (κ3) is 5.01. The van der Waals surface area contributed by atoms with E-state index in [-0.39, 0.29) is 12.2 Å². The minimum absolute atomic E-state index is 0.0896. The van der Waals surface area contributed by atoms with Crippen LogP contribution in [0.2, 0.25) is 0 Å². The van der Waals surface area contributed by atoms with E-state index in [1.807, 2.05) is 32.0 Å². The summed E-state index contributed by atoms with van der Waals surface area (Å²) in [6, 6.07) is 8.05. The first-order valence-corrected chi connectivity index (χ1v) is 9.62. The Bertz CT molecular complexity index is 836. The van der Waals surface area contributed by atoms with E-state index in [2.05, 4.69) is 34.5 Å². The molecule has 144 valence electrons. The number of hydrogen-bond acceptors (Lipinski definition) is 4. The molecule has 0 aliphatic heterocycles. The molecular weight excluding hydrogens is 340 g/mol. The number of benzene rings is 1. The minimum atomic E-state index is -0.342. The Hall–Kier alpha value is -2.52. The third-order valence-corrected chi connectivity index (χ3v) is 5.04. The van der Waals surface area contributed by atoms with Gasteiger partial charge >= 0.3 is 6.09 Å². The Morgan fingerprint density at radius 3 is 3.04 bits per heavy atom. The zero-order chi connectivity index (χ0) is 19.4. The van der Waals surface area contributed by atoms with Gasteiger partial charge in [0, 0.05) is 30.2 Å². The molecule has 6 heteroatoms. The molecule has 1 aliphatic rings. The number of nitriles is 1. The van der Waals surface area contributed by atoms with Gasteiger partial charge in [0.05, 0.1) is 17.7 Å². The first kappa shape index (κ1) is 19.2. The van der Waals surface area contributed by atoms with E-state index in [0.29, 0.717) is 23.9 Å². The average Bonchev–Trinajstić information content (AvgIpc) is 3.24. The van der Waals surface area contributed by atoms with Crippen molar-refractivity contribution in [2.24, 2.45) is 5.92 Å². The largest absolute Gasteiger partial charge is 0.447 e. The molecular formula is C21H28N4O2. The van der Waals surface area contributed by atoms with Crippen LogP contribution in [0.1, 0.15) is 43.7 Å². The topological polar surface area (TPSA) is 81.2 Å². The maximum Gasteiger partial charge on any atom is 0.407 e. The van der Waals surface area contributed by atoms with Gasteiger partial charge in [0.1, 0.15) is 0 Å². The summed E-state index contributed by atoms with van der Waals surface area (Å²) in [6.45, 7) is 6.30. The number of H-pyrrole nitrogens is 1. The molecule has 1 aromatic carbocycles. The van der Waals surface area contributed by atoms with Gasteiger partial charge in [-0.15, -0.1) is 0 Å². The van der Waals surface area contributed by atoms with Gasteiger partial charge in [-0.2, -0.15) is 5.26 Å². The van der Waals surface area contributed by atoms with Crippen molar-refractivity contribution in [3.8, 4) is 6.07 Å². The molecule has 0 radical (unpaired) electrons. The van der Waals surface area contributed by atoms with Gasteiger partial charge in [0.15, 0.2) is 0 Å². The molecule has 1 aliphatic carbocycles. The van der Waals surface area contributed by atoms with Crippen molar-refractivity contribution < 1.29 is 9.53 Å². The second kappa shape index (κ2) is 8.45. The van der Waals surface area contributed by atoms with Crippen molar-refractivity contribution in [1.29, 1.82) is 5.26 Å². The van der Waals surface area contributed by atoms with Crippen LogP contribution in [0.25, 0.3) is 10.9 Å². The van der Waals surface area contributed by atoms with Crippen LogP contribution in [-0.2, 0) is 4.74 Å². The summed E-state index contributed by atoms with van der Waals surface area (Å²) in [5.41, 5.74) is 3.14. The molecule has 2 aromatic rings. The summed E-state index contributed by atoms with van der Waals surface area (Å²) < 4.78 is 5.05. The van der Waals surface area contributed by atoms with E-state index in [1.165, 1.54) is 17.4 Å². The first-order chi connectivity index (χ1) is 13.0. The van der Waals surface area contributed by atoms with Crippen LogP contribution < -0.4 is 5.32 Å². The minimum Gasteiger partial charge on any atom is -0.447 e. The Labute approximate surface area is 160 Å². The second-order valence-corrected chi connectivity index (χ2v) is 7.72. The Kier molecular flexibility index (Phi) is 6.02. The smallest absolute Gasteiger partial charge is 0.407 e. The molecule has 2 atom stereocenters. The van der Waals surface area contributed by atoms with Crippen molar-refractivity contribution in [2.75, 3.05) is 26.7 Å². The highest BCUT2D eigenvalue weighted by Gasteiger charge is 2.40. The standard InChI is InChI=1S/C21H28N4O2/c1-14(2)27-21(26)23-7-4-8-25(3)13-16-10-17(16)19-12-24-20-6-5-15(11-22)9-18(19)20/h5-6,9,12,14,16-17,24H,4,7-8,10,13H2,1-3H3,(H,23,26). The average molecular weight is 368 g/mol. The van der Waals surface area contributed by atoms with Gasteiger partial charge in [-0.25, -0.2) is 4.79 Å². The summed E-state index contributed by atoms with van der Waals surface area (Å²) in [5.74, 6) is 1.22. The SMILES string of the molecule is CC(C)OC(=O)NCCCN(C)CC1CC1c1c[nH]c2ccc(C#N)cc12. The fourth-order valence-corrected chi connectivity index (χ4v) is 3.64. The molecule has 1 heterocycles. The lowest BCUT2D eigenvalue weighted by molar-refractivity contribution is 0.115. The monoisotopic (exact) mass is 368 g/mol. The lowest BCUT2D eigenvalue weighted by atomic mass is 10.1. The molecule has 1 amide bonds. The summed E-state index contributed by atoms with van der Waals surface area (Å²) in [5, 5.41) is 13.1. The second-order valence-electron chi connectivity index (χ2n) is 7.72. The fraction of sp³-hybridized carbons (Fsp3) is 0.524. The van der Waals surface area contributed by atoms with E-state index in [4.69, 9.17) is 10.00 Å². The number of alkyl carbamates (subject to hydrolysis) is 1. The predicted molar refractivity (Wildman–Crippen MR) is 106 cm³/mol. The molecule has 3 rings (SSSR count). The highest BCUT2D eigenvalue weighted by Crippen LogP contribution is 2.49. The molecule has 0 spiro atoms. The molecule has 2 N–H and O–H groups in total. The first-order valence-electron chi connectivity index (χ1n) is 9.62. The molecule has 1 saturated carbocycles. The summed E-state index contributed by atoms with van der Waals surface area (Å²) in [6.07, 6.45) is 3.76. The van der Waals surface area contributed by atoms with E-state index in [1.54, 1.807) is 0 Å². The van der Waals surface area contributed by atoms with Crippen LogP contribution in [0.15, 0.2) is 24.4 Å². The van der Waals surface area contributed by atoms with Gasteiger partial charge < -0.3 is 19.9 Å². The number of aromatic nitrogens is 1. The molecule has 0 bridgehead atoms. The molecule has 27 heavy (non-hydrogen) atoms. The number of fused-ring (bicyclic) bond motifs is 1. The summed E-state index contributed by atoms with van der Waals surface area (Å²) >= 11 is 0. The van der Waals surface area contributed by atoms with Crippen molar-refractivity contribution in [2.45, 2.75) is 38.7 Å². The number of ether oxygens (including phenoxy) is 1. The zero-order valence-corrected chi connectivity index (χ0v) is 16.3. The maximum atomic E-state index is 11.4. The zero-order valence-electron chi connectivity index (χ0n) is 16.3. The van der Waals surface area contributed by atoms with E-state index < -0.39 is 0 Å². The quantitative estimate of drug-likeness (QED) is 0.698. The molecule has 2 unspecified atom stereocenters. The Balaban J connectivity index is 1.43. The van der Waals surface area contributed by atoms with Crippen LogP contribution in [0, 0.1) is 17.2 Å². The lowest BCUT2D eigenvalue weighted by Crippen LogP contribution is -2.30. The van der Waals surface area contributed by atoms with Gasteiger partial charge in [0.25, 0.3) is 0 Å². The molecule has 1 fully saturated rings. The Morgan fingerprint density at radius 2 is 2.30 bits per heavy atom. The number of aromatic amines is 1. The number of rotatable bonds is 8. The lowest BCUT2D eigenvalue weighted by Gasteiger charge is -2.17. The van der Waals surface area contributed by atoms with E-state index in [0.717, 1.165) is 25.0 Å². The van der Waals surface area contributed by atoms with Crippen LogP contribution in [0.5, 0.6) is 0 Å². The van der Waals surface area contributed by atoms with Crippen LogP contribution in [-0.4, -0.2) is 48.8 Å². The number of amides is 1. The van der Waals surface area contributed by atoms with E-state index in [9.17, 15) is 4.79 Å². The maximum absolute atomic E-state index is 11.4.